The van der Waals surface area contributed by atoms with E-state index in [1.807, 2.05) is 20.8 Å². The first-order valence-electron chi connectivity index (χ1n) is 5.88. The highest BCUT2D eigenvalue weighted by molar-refractivity contribution is 5.79. The van der Waals surface area contributed by atoms with Gasteiger partial charge in [0.05, 0.1) is 24.2 Å². The van der Waals surface area contributed by atoms with Crippen LogP contribution in [-0.2, 0) is 9.53 Å². The fraction of sp³-hybridized carbons (Fsp3) is 0.833. The third-order valence-electron chi connectivity index (χ3n) is 3.31. The number of unbranched alkanes of at least 4 members (excludes halogenated alkanes) is 1. The fourth-order valence-corrected chi connectivity index (χ4v) is 2.22. The lowest BCUT2D eigenvalue weighted by Crippen LogP contribution is -2.37. The van der Waals surface area contributed by atoms with Gasteiger partial charge in [0.15, 0.2) is 0 Å². The average molecular weight is 224 g/mol. The molecular weight excluding hydrogens is 204 g/mol. The number of hydrogen-bond donors (Lipinski definition) is 1. The minimum Gasteiger partial charge on any atom is -0.374 e. The Morgan fingerprint density at radius 1 is 1.38 bits per heavy atom. The van der Waals surface area contributed by atoms with Crippen LogP contribution in [0.25, 0.3) is 0 Å². The molecule has 4 atom stereocenters. The second kappa shape index (κ2) is 5.86. The summed E-state index contributed by atoms with van der Waals surface area (Å²) >= 11 is 0. The van der Waals surface area contributed by atoms with E-state index in [2.05, 4.69) is 11.4 Å². The Bertz CT molecular complexity index is 285. The number of nitrogens with zero attached hydrogens (tertiary/aromatic N) is 1. The quantitative estimate of drug-likeness (QED) is 0.735. The van der Waals surface area contributed by atoms with Gasteiger partial charge in [-0.2, -0.15) is 5.26 Å². The van der Waals surface area contributed by atoms with Crippen molar-refractivity contribution < 1.29 is 9.53 Å². The molecule has 0 aliphatic carbocycles. The average Bonchev–Trinajstić information content (AvgIpc) is 2.48. The molecule has 1 N–H and O–H groups in total. The molecule has 0 spiro atoms. The molecule has 0 radical (unpaired) electrons. The van der Waals surface area contributed by atoms with E-state index in [0.717, 1.165) is 0 Å². The number of hydrogen-bond acceptors (Lipinski definition) is 3. The maximum Gasteiger partial charge on any atom is 0.226 e. The van der Waals surface area contributed by atoms with E-state index >= 15 is 0 Å². The van der Waals surface area contributed by atoms with Crippen molar-refractivity contribution in [1.82, 2.24) is 5.32 Å². The summed E-state index contributed by atoms with van der Waals surface area (Å²) in [5.74, 6) is 0.255. The molecule has 1 heterocycles. The molecule has 0 aromatic rings. The smallest absolute Gasteiger partial charge is 0.226 e. The van der Waals surface area contributed by atoms with Gasteiger partial charge in [-0.25, -0.2) is 0 Å². The number of carbonyl (C=O) groups excluding carboxylic acids is 1. The summed E-state index contributed by atoms with van der Waals surface area (Å²) in [7, 11) is 0. The number of ether oxygens (including phenoxy) is 1. The third-order valence-corrected chi connectivity index (χ3v) is 3.31. The molecule has 4 heteroatoms. The van der Waals surface area contributed by atoms with Crippen LogP contribution in [0.3, 0.4) is 0 Å². The molecule has 1 aliphatic rings. The standard InChI is InChI=1S/C12H20N2O2/c1-8-9(2)16-10(3)11(8)12(15)14-7-5-4-6-13/h8-11H,4-5,7H2,1-3H3,(H,14,15). The number of amides is 1. The summed E-state index contributed by atoms with van der Waals surface area (Å²) in [6, 6.07) is 2.06. The van der Waals surface area contributed by atoms with Gasteiger partial charge in [-0.3, -0.25) is 4.79 Å². The van der Waals surface area contributed by atoms with Crippen LogP contribution in [0.1, 0.15) is 33.6 Å². The van der Waals surface area contributed by atoms with Crippen LogP contribution in [-0.4, -0.2) is 24.7 Å². The molecule has 1 saturated heterocycles. The Balaban J connectivity index is 2.39. The maximum absolute atomic E-state index is 11.9. The Morgan fingerprint density at radius 2 is 2.06 bits per heavy atom. The van der Waals surface area contributed by atoms with Crippen molar-refractivity contribution in [2.45, 2.75) is 45.8 Å². The highest BCUT2D eigenvalue weighted by atomic mass is 16.5. The van der Waals surface area contributed by atoms with Gasteiger partial charge >= 0.3 is 0 Å². The summed E-state index contributed by atoms with van der Waals surface area (Å²) < 4.78 is 5.62. The first-order valence-corrected chi connectivity index (χ1v) is 5.88. The van der Waals surface area contributed by atoms with Crippen LogP contribution in [0.15, 0.2) is 0 Å². The second-order valence-corrected chi connectivity index (χ2v) is 4.48. The lowest BCUT2D eigenvalue weighted by molar-refractivity contribution is -0.127. The first-order chi connectivity index (χ1) is 7.57. The Hall–Kier alpha value is -1.08. The SMILES string of the molecule is CC1OC(C)C(C(=O)NCCCC#N)C1C. The van der Waals surface area contributed by atoms with Gasteiger partial charge in [0.25, 0.3) is 0 Å². The Morgan fingerprint density at radius 3 is 2.56 bits per heavy atom. The summed E-state index contributed by atoms with van der Waals surface area (Å²) in [6.45, 7) is 6.58. The van der Waals surface area contributed by atoms with Gasteiger partial charge in [-0.15, -0.1) is 0 Å². The Labute approximate surface area is 97.0 Å². The van der Waals surface area contributed by atoms with Crippen LogP contribution >= 0.6 is 0 Å². The Kier molecular flexibility index (Phi) is 4.75. The van der Waals surface area contributed by atoms with Crippen molar-refractivity contribution in [2.24, 2.45) is 11.8 Å². The molecule has 1 aliphatic heterocycles. The number of nitrogens with one attached hydrogen (secondary N) is 1. The van der Waals surface area contributed by atoms with Crippen molar-refractivity contribution in [1.29, 1.82) is 5.26 Å². The zero-order valence-electron chi connectivity index (χ0n) is 10.2. The van der Waals surface area contributed by atoms with Gasteiger partial charge < -0.3 is 10.1 Å². The highest BCUT2D eigenvalue weighted by Gasteiger charge is 2.41. The zero-order valence-corrected chi connectivity index (χ0v) is 10.2. The second-order valence-electron chi connectivity index (χ2n) is 4.48. The van der Waals surface area contributed by atoms with E-state index in [4.69, 9.17) is 10.00 Å². The van der Waals surface area contributed by atoms with Crippen LogP contribution in [0.2, 0.25) is 0 Å². The van der Waals surface area contributed by atoms with E-state index in [1.54, 1.807) is 0 Å². The summed E-state index contributed by atoms with van der Waals surface area (Å²) in [6.07, 6.45) is 1.34. The molecule has 4 unspecified atom stereocenters. The molecule has 1 amide bonds. The predicted octanol–water partition coefficient (Wildman–Crippen LogP) is 1.47. The molecule has 0 aromatic heterocycles. The lowest BCUT2D eigenvalue weighted by Gasteiger charge is -2.17. The van der Waals surface area contributed by atoms with Crippen LogP contribution in [0.4, 0.5) is 0 Å². The van der Waals surface area contributed by atoms with E-state index in [9.17, 15) is 4.79 Å². The van der Waals surface area contributed by atoms with Gasteiger partial charge in [-0.05, 0) is 26.2 Å². The number of rotatable bonds is 4. The molecule has 0 aromatic carbocycles. The third kappa shape index (κ3) is 2.96. The summed E-state index contributed by atoms with van der Waals surface area (Å²) in [5, 5.41) is 11.2. The molecule has 1 rings (SSSR count). The summed E-state index contributed by atoms with van der Waals surface area (Å²) in [5.41, 5.74) is 0. The maximum atomic E-state index is 11.9. The zero-order chi connectivity index (χ0) is 12.1. The lowest BCUT2D eigenvalue weighted by atomic mass is 9.89. The van der Waals surface area contributed by atoms with E-state index in [-0.39, 0.29) is 30.0 Å². The molecule has 1 fully saturated rings. The van der Waals surface area contributed by atoms with Crippen molar-refractivity contribution in [3.63, 3.8) is 0 Å². The van der Waals surface area contributed by atoms with Crippen molar-refractivity contribution in [3.05, 3.63) is 0 Å². The van der Waals surface area contributed by atoms with Gasteiger partial charge in [0.1, 0.15) is 0 Å². The van der Waals surface area contributed by atoms with Crippen molar-refractivity contribution in [3.8, 4) is 6.07 Å². The summed E-state index contributed by atoms with van der Waals surface area (Å²) in [4.78, 5) is 11.9. The van der Waals surface area contributed by atoms with E-state index in [0.29, 0.717) is 19.4 Å². The van der Waals surface area contributed by atoms with E-state index in [1.165, 1.54) is 0 Å². The van der Waals surface area contributed by atoms with Gasteiger partial charge in [0, 0.05) is 13.0 Å². The predicted molar refractivity (Wildman–Crippen MR) is 60.5 cm³/mol. The van der Waals surface area contributed by atoms with Crippen LogP contribution in [0.5, 0.6) is 0 Å². The first kappa shape index (κ1) is 13.0. The molecule has 90 valence electrons. The van der Waals surface area contributed by atoms with E-state index < -0.39 is 0 Å². The number of carbonyl (C=O) groups is 1. The molecular formula is C12H20N2O2. The van der Waals surface area contributed by atoms with Gasteiger partial charge in [-0.1, -0.05) is 6.92 Å². The van der Waals surface area contributed by atoms with Crippen molar-refractivity contribution >= 4 is 5.91 Å². The molecule has 4 nitrogen and oxygen atoms in total. The topological polar surface area (TPSA) is 62.1 Å². The minimum absolute atomic E-state index is 0.0130. The minimum atomic E-state index is -0.0583. The fourth-order valence-electron chi connectivity index (χ4n) is 2.22. The van der Waals surface area contributed by atoms with Crippen molar-refractivity contribution in [2.75, 3.05) is 6.54 Å². The number of nitriles is 1. The molecule has 0 saturated carbocycles. The molecule has 16 heavy (non-hydrogen) atoms. The highest BCUT2D eigenvalue weighted by Crippen LogP contribution is 2.32. The largest absolute Gasteiger partial charge is 0.374 e. The van der Waals surface area contributed by atoms with Crippen LogP contribution in [0, 0.1) is 23.2 Å². The van der Waals surface area contributed by atoms with Crippen LogP contribution < -0.4 is 5.32 Å². The molecule has 0 bridgehead atoms. The monoisotopic (exact) mass is 224 g/mol. The van der Waals surface area contributed by atoms with Gasteiger partial charge in [0.2, 0.25) is 5.91 Å². The normalized spacial score (nSPS) is 33.4.